The van der Waals surface area contributed by atoms with Gasteiger partial charge in [-0.15, -0.1) is 0 Å². The molecule has 0 unspecified atom stereocenters. The fraction of sp³-hybridized carbons (Fsp3) is 0.692. The Hall–Kier alpha value is -1.32. The third kappa shape index (κ3) is 2.68. The van der Waals surface area contributed by atoms with Crippen LogP contribution in [-0.4, -0.2) is 23.6 Å². The van der Waals surface area contributed by atoms with Crippen molar-refractivity contribution in [1.82, 2.24) is 9.97 Å². The summed E-state index contributed by atoms with van der Waals surface area (Å²) in [5.74, 6) is 3.18. The summed E-state index contributed by atoms with van der Waals surface area (Å²) in [7, 11) is 1.91. The molecule has 0 spiro atoms. The SMILES string of the molecule is CNc1ncnc(NCC2CCC2)c1C(C)C. The van der Waals surface area contributed by atoms with Gasteiger partial charge in [-0.05, 0) is 24.7 Å². The van der Waals surface area contributed by atoms with Gasteiger partial charge in [-0.3, -0.25) is 0 Å². The number of nitrogens with one attached hydrogen (secondary N) is 2. The molecule has 1 aromatic rings. The lowest BCUT2D eigenvalue weighted by atomic mass is 9.85. The lowest BCUT2D eigenvalue weighted by Gasteiger charge is -2.26. The maximum absolute atomic E-state index is 4.38. The minimum absolute atomic E-state index is 0.419. The summed E-state index contributed by atoms with van der Waals surface area (Å²) in [5, 5.41) is 6.62. The standard InChI is InChI=1S/C13H22N4/c1-9(2)11-12(14-3)16-8-17-13(11)15-7-10-5-4-6-10/h8-10H,4-7H2,1-3H3,(H2,14,15,16,17). The van der Waals surface area contributed by atoms with Gasteiger partial charge in [-0.1, -0.05) is 20.3 Å². The van der Waals surface area contributed by atoms with E-state index in [-0.39, 0.29) is 0 Å². The molecule has 1 aliphatic carbocycles. The molecule has 0 radical (unpaired) electrons. The van der Waals surface area contributed by atoms with E-state index >= 15 is 0 Å². The molecule has 17 heavy (non-hydrogen) atoms. The monoisotopic (exact) mass is 234 g/mol. The first-order valence-electron chi connectivity index (χ1n) is 6.49. The van der Waals surface area contributed by atoms with Crippen LogP contribution in [0.5, 0.6) is 0 Å². The normalized spacial score (nSPS) is 15.8. The molecule has 1 aliphatic rings. The van der Waals surface area contributed by atoms with E-state index in [2.05, 4.69) is 34.4 Å². The number of anilines is 2. The lowest BCUT2D eigenvalue weighted by Crippen LogP contribution is -2.22. The quantitative estimate of drug-likeness (QED) is 0.822. The molecule has 1 heterocycles. The van der Waals surface area contributed by atoms with Gasteiger partial charge >= 0.3 is 0 Å². The first-order chi connectivity index (χ1) is 8.22. The highest BCUT2D eigenvalue weighted by Gasteiger charge is 2.19. The number of hydrogen-bond acceptors (Lipinski definition) is 4. The van der Waals surface area contributed by atoms with Gasteiger partial charge in [-0.2, -0.15) is 0 Å². The average molecular weight is 234 g/mol. The van der Waals surface area contributed by atoms with E-state index < -0.39 is 0 Å². The summed E-state index contributed by atoms with van der Waals surface area (Å²) in [5.41, 5.74) is 1.19. The van der Waals surface area contributed by atoms with Crippen LogP contribution in [-0.2, 0) is 0 Å². The molecule has 1 fully saturated rings. The third-order valence-electron chi connectivity index (χ3n) is 3.48. The molecule has 0 aromatic carbocycles. The van der Waals surface area contributed by atoms with Crippen molar-refractivity contribution in [2.75, 3.05) is 24.2 Å². The van der Waals surface area contributed by atoms with E-state index in [1.54, 1.807) is 6.33 Å². The van der Waals surface area contributed by atoms with Crippen molar-refractivity contribution >= 4 is 11.6 Å². The Morgan fingerprint density at radius 1 is 1.29 bits per heavy atom. The van der Waals surface area contributed by atoms with Crippen LogP contribution in [0.4, 0.5) is 11.6 Å². The van der Waals surface area contributed by atoms with Crippen LogP contribution < -0.4 is 10.6 Å². The molecular formula is C13H22N4. The van der Waals surface area contributed by atoms with Crippen molar-refractivity contribution < 1.29 is 0 Å². The minimum atomic E-state index is 0.419. The Labute approximate surface area is 103 Å². The van der Waals surface area contributed by atoms with Gasteiger partial charge in [0.25, 0.3) is 0 Å². The predicted molar refractivity (Wildman–Crippen MR) is 71.5 cm³/mol. The molecule has 2 N–H and O–H groups in total. The van der Waals surface area contributed by atoms with Gasteiger partial charge < -0.3 is 10.6 Å². The highest BCUT2D eigenvalue weighted by atomic mass is 15.1. The molecule has 2 rings (SSSR count). The van der Waals surface area contributed by atoms with E-state index in [9.17, 15) is 0 Å². The van der Waals surface area contributed by atoms with Gasteiger partial charge in [-0.25, -0.2) is 9.97 Å². The Morgan fingerprint density at radius 3 is 2.53 bits per heavy atom. The molecule has 0 atom stereocenters. The maximum atomic E-state index is 4.38. The largest absolute Gasteiger partial charge is 0.373 e. The van der Waals surface area contributed by atoms with Crippen molar-refractivity contribution in [2.45, 2.75) is 39.0 Å². The van der Waals surface area contributed by atoms with Crippen LogP contribution in [0.2, 0.25) is 0 Å². The second-order valence-electron chi connectivity index (χ2n) is 5.07. The summed E-state index contributed by atoms with van der Waals surface area (Å²) in [6.07, 6.45) is 5.72. The molecule has 1 saturated carbocycles. The van der Waals surface area contributed by atoms with E-state index in [4.69, 9.17) is 0 Å². The first kappa shape index (κ1) is 12.1. The van der Waals surface area contributed by atoms with E-state index in [1.165, 1.54) is 24.8 Å². The fourth-order valence-electron chi connectivity index (χ4n) is 2.22. The van der Waals surface area contributed by atoms with Crippen LogP contribution in [0.1, 0.15) is 44.6 Å². The summed E-state index contributed by atoms with van der Waals surface area (Å²) in [4.78, 5) is 8.65. The highest BCUT2D eigenvalue weighted by molar-refractivity contribution is 5.58. The zero-order chi connectivity index (χ0) is 12.3. The zero-order valence-electron chi connectivity index (χ0n) is 11.0. The van der Waals surface area contributed by atoms with Crippen molar-refractivity contribution in [2.24, 2.45) is 5.92 Å². The molecule has 0 amide bonds. The van der Waals surface area contributed by atoms with Gasteiger partial charge in [0.05, 0.1) is 0 Å². The van der Waals surface area contributed by atoms with E-state index in [1.807, 2.05) is 7.05 Å². The number of hydrogen-bond donors (Lipinski definition) is 2. The summed E-state index contributed by atoms with van der Waals surface area (Å²) in [6, 6.07) is 0. The maximum Gasteiger partial charge on any atom is 0.134 e. The molecule has 1 aromatic heterocycles. The third-order valence-corrected chi connectivity index (χ3v) is 3.48. The average Bonchev–Trinajstić information content (AvgIpc) is 2.26. The Balaban J connectivity index is 2.13. The van der Waals surface area contributed by atoms with Crippen molar-refractivity contribution in [3.8, 4) is 0 Å². The Bertz CT molecular complexity index is 372. The van der Waals surface area contributed by atoms with Gasteiger partial charge in [0.15, 0.2) is 0 Å². The first-order valence-corrected chi connectivity index (χ1v) is 6.49. The van der Waals surface area contributed by atoms with Crippen LogP contribution in [0, 0.1) is 5.92 Å². The zero-order valence-corrected chi connectivity index (χ0v) is 11.0. The van der Waals surface area contributed by atoms with Crippen molar-refractivity contribution in [3.05, 3.63) is 11.9 Å². The van der Waals surface area contributed by atoms with E-state index in [0.717, 1.165) is 24.1 Å². The van der Waals surface area contributed by atoms with Crippen LogP contribution >= 0.6 is 0 Å². The molecule has 94 valence electrons. The second-order valence-corrected chi connectivity index (χ2v) is 5.07. The van der Waals surface area contributed by atoms with Crippen LogP contribution in [0.3, 0.4) is 0 Å². The minimum Gasteiger partial charge on any atom is -0.373 e. The fourth-order valence-corrected chi connectivity index (χ4v) is 2.22. The van der Waals surface area contributed by atoms with Crippen molar-refractivity contribution in [3.63, 3.8) is 0 Å². The Morgan fingerprint density at radius 2 is 2.00 bits per heavy atom. The van der Waals surface area contributed by atoms with Crippen LogP contribution in [0.25, 0.3) is 0 Å². The second kappa shape index (κ2) is 5.34. The highest BCUT2D eigenvalue weighted by Crippen LogP contribution is 2.30. The predicted octanol–water partition coefficient (Wildman–Crippen LogP) is 2.85. The van der Waals surface area contributed by atoms with Gasteiger partial charge in [0.2, 0.25) is 0 Å². The molecule has 4 heteroatoms. The molecule has 4 nitrogen and oxygen atoms in total. The Kier molecular flexibility index (Phi) is 3.82. The summed E-state index contributed by atoms with van der Waals surface area (Å²) < 4.78 is 0. The number of rotatable bonds is 5. The molecule has 0 bridgehead atoms. The van der Waals surface area contributed by atoms with Crippen LogP contribution in [0.15, 0.2) is 6.33 Å². The smallest absolute Gasteiger partial charge is 0.134 e. The number of nitrogens with zero attached hydrogens (tertiary/aromatic N) is 2. The van der Waals surface area contributed by atoms with Gasteiger partial charge in [0, 0.05) is 19.2 Å². The summed E-state index contributed by atoms with van der Waals surface area (Å²) in [6.45, 7) is 5.39. The number of aromatic nitrogens is 2. The molecular weight excluding hydrogens is 212 g/mol. The van der Waals surface area contributed by atoms with Crippen molar-refractivity contribution in [1.29, 1.82) is 0 Å². The molecule has 0 aliphatic heterocycles. The topological polar surface area (TPSA) is 49.8 Å². The lowest BCUT2D eigenvalue weighted by molar-refractivity contribution is 0.333. The van der Waals surface area contributed by atoms with E-state index in [0.29, 0.717) is 5.92 Å². The molecule has 0 saturated heterocycles. The summed E-state index contributed by atoms with van der Waals surface area (Å²) >= 11 is 0. The van der Waals surface area contributed by atoms with Gasteiger partial charge in [0.1, 0.15) is 18.0 Å².